The van der Waals surface area contributed by atoms with Crippen LogP contribution in [0.1, 0.15) is 18.4 Å². The van der Waals surface area contributed by atoms with E-state index in [9.17, 15) is 15.2 Å². The van der Waals surface area contributed by atoms with Crippen LogP contribution in [0.5, 0.6) is 11.5 Å². The van der Waals surface area contributed by atoms with Crippen LogP contribution in [0.3, 0.4) is 0 Å². The number of halogens is 1. The number of rotatable bonds is 5. The summed E-state index contributed by atoms with van der Waals surface area (Å²) >= 11 is 5.98. The molecule has 3 aromatic rings. The van der Waals surface area contributed by atoms with Gasteiger partial charge in [-0.15, -0.1) is 0 Å². The van der Waals surface area contributed by atoms with Crippen LogP contribution in [0.15, 0.2) is 34.7 Å². The van der Waals surface area contributed by atoms with Gasteiger partial charge in [-0.25, -0.2) is 4.98 Å². The molecule has 1 heterocycles. The van der Waals surface area contributed by atoms with Gasteiger partial charge in [0.2, 0.25) is 5.89 Å². The molecule has 0 bridgehead atoms. The Bertz CT molecular complexity index is 981. The van der Waals surface area contributed by atoms with Gasteiger partial charge in [-0.2, -0.15) is 0 Å². The first-order chi connectivity index (χ1) is 12.0. The van der Waals surface area contributed by atoms with Crippen molar-refractivity contribution in [3.63, 3.8) is 0 Å². The molecule has 0 aliphatic carbocycles. The number of hydrogen-bond donors (Lipinski definition) is 1. The molecule has 0 fully saturated rings. The van der Waals surface area contributed by atoms with E-state index in [0.29, 0.717) is 23.3 Å². The second-order valence-electron chi connectivity index (χ2n) is 5.08. The van der Waals surface area contributed by atoms with Crippen LogP contribution in [0.4, 0.5) is 5.69 Å². The Morgan fingerprint density at radius 1 is 1.36 bits per heavy atom. The molecule has 0 aliphatic rings. The molecule has 2 aromatic carbocycles. The van der Waals surface area contributed by atoms with Crippen molar-refractivity contribution in [3.05, 3.63) is 56.9 Å². The molecule has 3 rings (SSSR count). The van der Waals surface area contributed by atoms with E-state index in [1.807, 2.05) is 0 Å². The number of nitro benzene ring substituents is 1. The van der Waals surface area contributed by atoms with Crippen molar-refractivity contribution < 1.29 is 19.2 Å². The minimum Gasteiger partial charge on any atom is -0.503 e. The van der Waals surface area contributed by atoms with Crippen LogP contribution in [-0.2, 0) is 0 Å². The number of phenolic OH excluding ortho intramolecular Hbond substituents is 1. The zero-order valence-electron chi connectivity index (χ0n) is 13.1. The molecule has 0 amide bonds. The first-order valence-corrected chi connectivity index (χ1v) is 7.74. The van der Waals surface area contributed by atoms with Gasteiger partial charge in [-0.3, -0.25) is 10.1 Å². The molecule has 7 nitrogen and oxygen atoms in total. The van der Waals surface area contributed by atoms with E-state index in [-0.39, 0.29) is 28.1 Å². The second-order valence-corrected chi connectivity index (χ2v) is 5.48. The predicted octanol–water partition coefficient (Wildman–Crippen LogP) is 4.66. The van der Waals surface area contributed by atoms with E-state index in [2.05, 4.69) is 4.98 Å². The van der Waals surface area contributed by atoms with Gasteiger partial charge >= 0.3 is 0 Å². The minimum atomic E-state index is -0.489. The Kier molecular flexibility index (Phi) is 4.58. The average molecular weight is 361 g/mol. The van der Waals surface area contributed by atoms with E-state index in [1.165, 1.54) is 18.2 Å². The van der Waals surface area contributed by atoms with Crippen molar-refractivity contribution >= 4 is 40.5 Å². The summed E-state index contributed by atoms with van der Waals surface area (Å²) in [5, 5.41) is 20.8. The first-order valence-electron chi connectivity index (χ1n) is 7.36. The van der Waals surface area contributed by atoms with Gasteiger partial charge in [0.1, 0.15) is 5.52 Å². The fraction of sp³-hybridized carbons (Fsp3) is 0.118. The number of fused-ring (bicyclic) bond motifs is 1. The average Bonchev–Trinajstić information content (AvgIpc) is 2.99. The van der Waals surface area contributed by atoms with E-state index >= 15 is 0 Å². The molecular weight excluding hydrogens is 348 g/mol. The van der Waals surface area contributed by atoms with Crippen LogP contribution >= 0.6 is 11.6 Å². The van der Waals surface area contributed by atoms with Crippen LogP contribution in [-0.4, -0.2) is 21.6 Å². The van der Waals surface area contributed by atoms with E-state index in [0.717, 1.165) is 0 Å². The molecular formula is C17H13ClN2O5. The third kappa shape index (κ3) is 3.56. The van der Waals surface area contributed by atoms with Gasteiger partial charge in [0.25, 0.3) is 5.69 Å². The lowest BCUT2D eigenvalue weighted by molar-refractivity contribution is -0.384. The zero-order chi connectivity index (χ0) is 18.0. The molecule has 0 aliphatic heterocycles. The van der Waals surface area contributed by atoms with Crippen molar-refractivity contribution in [2.24, 2.45) is 0 Å². The maximum atomic E-state index is 10.8. The third-order valence-electron chi connectivity index (χ3n) is 3.37. The first kappa shape index (κ1) is 16.8. The van der Waals surface area contributed by atoms with Gasteiger partial charge < -0.3 is 14.3 Å². The maximum Gasteiger partial charge on any atom is 0.271 e. The summed E-state index contributed by atoms with van der Waals surface area (Å²) in [6.07, 6.45) is 3.29. The fourth-order valence-corrected chi connectivity index (χ4v) is 2.46. The Balaban J connectivity index is 1.91. The van der Waals surface area contributed by atoms with Crippen LogP contribution in [0, 0.1) is 10.1 Å². The quantitative estimate of drug-likeness (QED) is 0.524. The highest BCUT2D eigenvalue weighted by Gasteiger charge is 2.11. The number of nitrogens with zero attached hydrogens (tertiary/aromatic N) is 2. The lowest BCUT2D eigenvalue weighted by atomic mass is 10.2. The number of non-ortho nitro benzene ring substituents is 1. The molecule has 0 saturated carbocycles. The van der Waals surface area contributed by atoms with Crippen molar-refractivity contribution in [3.8, 4) is 11.5 Å². The Morgan fingerprint density at radius 2 is 2.16 bits per heavy atom. The standard InChI is InChI=1S/C17H13ClN2O5/c1-2-24-15-8-10(7-12(18)17(15)21)3-6-16-19-13-9-11(20(22)23)4-5-14(13)25-16/h3-9,21H,2H2,1H3/b6-3+. The molecule has 25 heavy (non-hydrogen) atoms. The zero-order valence-corrected chi connectivity index (χ0v) is 13.9. The molecule has 128 valence electrons. The summed E-state index contributed by atoms with van der Waals surface area (Å²) < 4.78 is 10.8. The third-order valence-corrected chi connectivity index (χ3v) is 3.66. The van der Waals surface area contributed by atoms with E-state index in [4.69, 9.17) is 20.8 Å². The lowest BCUT2D eigenvalue weighted by Crippen LogP contribution is -1.92. The lowest BCUT2D eigenvalue weighted by Gasteiger charge is -2.08. The van der Waals surface area contributed by atoms with Crippen LogP contribution in [0.2, 0.25) is 5.02 Å². The predicted molar refractivity (Wildman–Crippen MR) is 93.9 cm³/mol. The summed E-state index contributed by atoms with van der Waals surface area (Å²) in [5.74, 6) is 0.454. The van der Waals surface area contributed by atoms with E-state index < -0.39 is 4.92 Å². The number of aromatic nitrogens is 1. The smallest absolute Gasteiger partial charge is 0.271 e. The van der Waals surface area contributed by atoms with Gasteiger partial charge in [0, 0.05) is 18.2 Å². The second kappa shape index (κ2) is 6.82. The number of benzene rings is 2. The molecule has 0 atom stereocenters. The van der Waals surface area contributed by atoms with Crippen molar-refractivity contribution in [1.29, 1.82) is 0 Å². The largest absolute Gasteiger partial charge is 0.503 e. The van der Waals surface area contributed by atoms with Gasteiger partial charge in [0.15, 0.2) is 17.1 Å². The summed E-state index contributed by atoms with van der Waals surface area (Å²) in [6, 6.07) is 7.41. The maximum absolute atomic E-state index is 10.8. The number of aromatic hydroxyl groups is 1. The van der Waals surface area contributed by atoms with Gasteiger partial charge in [-0.1, -0.05) is 11.6 Å². The monoisotopic (exact) mass is 360 g/mol. The molecule has 0 radical (unpaired) electrons. The van der Waals surface area contributed by atoms with Crippen molar-refractivity contribution in [1.82, 2.24) is 4.98 Å². The van der Waals surface area contributed by atoms with Crippen molar-refractivity contribution in [2.75, 3.05) is 6.61 Å². The summed E-state index contributed by atoms with van der Waals surface area (Å²) in [6.45, 7) is 2.19. The molecule has 1 aromatic heterocycles. The Hall–Kier alpha value is -3.06. The van der Waals surface area contributed by atoms with Crippen LogP contribution in [0.25, 0.3) is 23.3 Å². The summed E-state index contributed by atoms with van der Waals surface area (Å²) in [4.78, 5) is 14.5. The SMILES string of the molecule is CCOc1cc(/C=C/c2nc3cc([N+](=O)[O-])ccc3o2)cc(Cl)c1O. The number of nitro groups is 1. The number of oxazole rings is 1. The van der Waals surface area contributed by atoms with E-state index in [1.54, 1.807) is 31.2 Å². The molecule has 0 unspecified atom stereocenters. The Labute approximate surface area is 147 Å². The summed E-state index contributed by atoms with van der Waals surface area (Å²) in [7, 11) is 0. The van der Waals surface area contributed by atoms with Crippen molar-refractivity contribution in [2.45, 2.75) is 6.92 Å². The number of ether oxygens (including phenoxy) is 1. The molecule has 8 heteroatoms. The highest BCUT2D eigenvalue weighted by atomic mass is 35.5. The fourth-order valence-electron chi connectivity index (χ4n) is 2.24. The molecule has 1 N–H and O–H groups in total. The summed E-state index contributed by atoms with van der Waals surface area (Å²) in [5.41, 5.74) is 1.47. The number of phenols is 1. The van der Waals surface area contributed by atoms with Crippen LogP contribution < -0.4 is 4.74 Å². The van der Waals surface area contributed by atoms with Gasteiger partial charge in [0.05, 0.1) is 16.6 Å². The molecule has 0 saturated heterocycles. The highest BCUT2D eigenvalue weighted by Crippen LogP contribution is 2.35. The Morgan fingerprint density at radius 3 is 2.88 bits per heavy atom. The highest BCUT2D eigenvalue weighted by molar-refractivity contribution is 6.32. The minimum absolute atomic E-state index is 0.0528. The molecule has 0 spiro atoms. The van der Waals surface area contributed by atoms with Gasteiger partial charge in [-0.05, 0) is 36.8 Å². The number of hydrogen-bond acceptors (Lipinski definition) is 6. The normalized spacial score (nSPS) is 11.3. The topological polar surface area (TPSA) is 98.6 Å².